The molecule has 1 aromatic carbocycles. The van der Waals surface area contributed by atoms with Crippen LogP contribution in [0.1, 0.15) is 27.2 Å². The SMILES string of the molecule is CC(C)(C)OC(=O)CCOCCOCCOCCOCCOCCOCCOCCOCCOCCOCCOCCOc1ccc([N+](=O)[O-])cc1. The molecule has 0 aromatic heterocycles. The molecule has 0 amide bonds. The highest BCUT2D eigenvalue weighted by atomic mass is 16.6. The normalized spacial score (nSPS) is 11.6. The number of nitro groups is 1. The van der Waals surface area contributed by atoms with Gasteiger partial charge in [0.15, 0.2) is 0 Å². The number of nitro benzene ring substituents is 1. The van der Waals surface area contributed by atoms with E-state index in [0.29, 0.717) is 158 Å². The summed E-state index contributed by atoms with van der Waals surface area (Å²) in [6.07, 6.45) is 0.225. The van der Waals surface area contributed by atoms with Gasteiger partial charge in [0.05, 0.1) is 157 Å². The monoisotopic (exact) mass is 751 g/mol. The van der Waals surface area contributed by atoms with Gasteiger partial charge in [-0.25, -0.2) is 0 Å². The van der Waals surface area contributed by atoms with Crippen LogP contribution in [0.15, 0.2) is 24.3 Å². The minimum absolute atomic E-state index is 0.0218. The van der Waals surface area contributed by atoms with E-state index in [1.54, 1.807) is 12.1 Å². The van der Waals surface area contributed by atoms with E-state index in [1.807, 2.05) is 20.8 Å². The number of ether oxygens (including phenoxy) is 13. The van der Waals surface area contributed by atoms with Gasteiger partial charge in [-0.05, 0) is 32.9 Å². The molecule has 1 aromatic rings. The molecular formula is C35H61NO16. The van der Waals surface area contributed by atoms with Gasteiger partial charge in [0.25, 0.3) is 5.69 Å². The second kappa shape index (κ2) is 34.2. The molecule has 1 rings (SSSR count). The third-order valence-corrected chi connectivity index (χ3v) is 6.13. The Hall–Kier alpha value is -2.55. The van der Waals surface area contributed by atoms with Crippen LogP contribution in [0.3, 0.4) is 0 Å². The van der Waals surface area contributed by atoms with Crippen molar-refractivity contribution in [1.82, 2.24) is 0 Å². The molecular weight excluding hydrogens is 690 g/mol. The summed E-state index contributed by atoms with van der Waals surface area (Å²) < 4.78 is 70.6. The van der Waals surface area contributed by atoms with Gasteiger partial charge in [-0.15, -0.1) is 0 Å². The summed E-state index contributed by atoms with van der Waals surface area (Å²) in [6, 6.07) is 5.90. The van der Waals surface area contributed by atoms with Crippen molar-refractivity contribution < 1.29 is 71.3 Å². The third-order valence-electron chi connectivity index (χ3n) is 6.13. The first-order valence-corrected chi connectivity index (χ1v) is 17.7. The number of hydrogen-bond acceptors (Lipinski definition) is 16. The summed E-state index contributed by atoms with van der Waals surface area (Å²) in [5.41, 5.74) is -0.459. The molecule has 0 N–H and O–H groups in total. The minimum atomic E-state index is -0.480. The number of hydrogen-bond donors (Lipinski definition) is 0. The topological polar surface area (TPSA) is 180 Å². The lowest BCUT2D eigenvalue weighted by Gasteiger charge is -2.19. The minimum Gasteiger partial charge on any atom is -0.491 e. The van der Waals surface area contributed by atoms with Crippen LogP contribution in [0.25, 0.3) is 0 Å². The second-order valence-corrected chi connectivity index (χ2v) is 11.7. The van der Waals surface area contributed by atoms with E-state index in [0.717, 1.165) is 0 Å². The molecule has 0 atom stereocenters. The van der Waals surface area contributed by atoms with Crippen molar-refractivity contribution in [1.29, 1.82) is 0 Å². The van der Waals surface area contributed by atoms with Gasteiger partial charge < -0.3 is 61.6 Å². The van der Waals surface area contributed by atoms with Crippen LogP contribution < -0.4 is 4.74 Å². The first-order chi connectivity index (χ1) is 25.3. The Kier molecular flexibility index (Phi) is 31.3. The van der Waals surface area contributed by atoms with Crippen LogP contribution in [0.4, 0.5) is 5.69 Å². The maximum absolute atomic E-state index is 11.6. The van der Waals surface area contributed by atoms with Crippen LogP contribution in [-0.2, 0) is 61.6 Å². The molecule has 302 valence electrons. The van der Waals surface area contributed by atoms with Gasteiger partial charge in [-0.2, -0.15) is 0 Å². The van der Waals surface area contributed by atoms with Gasteiger partial charge >= 0.3 is 5.97 Å². The van der Waals surface area contributed by atoms with E-state index in [2.05, 4.69) is 0 Å². The smallest absolute Gasteiger partial charge is 0.308 e. The van der Waals surface area contributed by atoms with Crippen LogP contribution in [0.5, 0.6) is 5.75 Å². The van der Waals surface area contributed by atoms with Crippen molar-refractivity contribution in [3.63, 3.8) is 0 Å². The van der Waals surface area contributed by atoms with E-state index in [9.17, 15) is 14.9 Å². The number of nitrogens with zero attached hydrogens (tertiary/aromatic N) is 1. The highest BCUT2D eigenvalue weighted by molar-refractivity contribution is 5.69. The quantitative estimate of drug-likeness (QED) is 0.0416. The van der Waals surface area contributed by atoms with Crippen LogP contribution in [-0.4, -0.2) is 168 Å². The standard InChI is InChI=1S/C35H61NO16/c1-35(2,3)52-34(37)8-9-40-10-11-41-12-13-42-14-15-43-16-17-44-18-19-45-20-21-46-22-23-47-24-25-48-26-27-49-28-29-50-30-31-51-33-6-4-32(5-7-33)36(38)39/h4-7H,8-31H2,1-3H3. The Labute approximate surface area is 307 Å². The summed E-state index contributed by atoms with van der Waals surface area (Å²) in [7, 11) is 0. The molecule has 0 spiro atoms. The molecule has 52 heavy (non-hydrogen) atoms. The number of carbonyl (C=O) groups is 1. The molecule has 0 unspecified atom stereocenters. The Morgan fingerprint density at radius 3 is 1.02 bits per heavy atom. The molecule has 17 heteroatoms. The van der Waals surface area contributed by atoms with Gasteiger partial charge in [0, 0.05) is 12.1 Å². The maximum atomic E-state index is 11.6. The molecule has 0 radical (unpaired) electrons. The molecule has 0 heterocycles. The average Bonchev–Trinajstić information content (AvgIpc) is 3.11. The summed E-state index contributed by atoms with van der Waals surface area (Å²) >= 11 is 0. The predicted octanol–water partition coefficient (Wildman–Crippen LogP) is 2.89. The highest BCUT2D eigenvalue weighted by Gasteiger charge is 2.15. The number of esters is 1. The van der Waals surface area contributed by atoms with Gasteiger partial charge in [0.1, 0.15) is 18.0 Å². The average molecular weight is 752 g/mol. The first-order valence-electron chi connectivity index (χ1n) is 17.7. The molecule has 0 saturated carbocycles. The molecule has 17 nitrogen and oxygen atoms in total. The molecule has 0 fully saturated rings. The molecule has 0 bridgehead atoms. The van der Waals surface area contributed by atoms with E-state index < -0.39 is 10.5 Å². The summed E-state index contributed by atoms with van der Waals surface area (Å²) in [5.74, 6) is 0.281. The summed E-state index contributed by atoms with van der Waals surface area (Å²) in [6.45, 7) is 15.8. The summed E-state index contributed by atoms with van der Waals surface area (Å²) in [4.78, 5) is 21.8. The first kappa shape index (κ1) is 47.5. The fourth-order valence-electron chi connectivity index (χ4n) is 3.73. The highest BCUT2D eigenvalue weighted by Crippen LogP contribution is 2.17. The number of rotatable bonds is 38. The van der Waals surface area contributed by atoms with Crippen molar-refractivity contribution in [2.45, 2.75) is 32.8 Å². The van der Waals surface area contributed by atoms with Crippen molar-refractivity contribution in [3.05, 3.63) is 34.4 Å². The van der Waals surface area contributed by atoms with Crippen LogP contribution >= 0.6 is 0 Å². The molecule has 0 aliphatic rings. The van der Waals surface area contributed by atoms with Crippen molar-refractivity contribution in [3.8, 4) is 5.75 Å². The van der Waals surface area contributed by atoms with Crippen LogP contribution in [0.2, 0.25) is 0 Å². The lowest BCUT2D eigenvalue weighted by atomic mass is 10.2. The zero-order valence-corrected chi connectivity index (χ0v) is 31.3. The van der Waals surface area contributed by atoms with E-state index >= 15 is 0 Å². The van der Waals surface area contributed by atoms with E-state index in [-0.39, 0.29) is 18.1 Å². The van der Waals surface area contributed by atoms with Gasteiger partial charge in [-0.1, -0.05) is 0 Å². The lowest BCUT2D eigenvalue weighted by molar-refractivity contribution is -0.384. The number of non-ortho nitro benzene ring substituents is 1. The van der Waals surface area contributed by atoms with E-state index in [1.165, 1.54) is 12.1 Å². The molecule has 0 saturated heterocycles. The van der Waals surface area contributed by atoms with Crippen molar-refractivity contribution in [2.24, 2.45) is 0 Å². The summed E-state index contributed by atoms with van der Waals surface area (Å²) in [5, 5.41) is 10.6. The Balaban J connectivity index is 1.65. The van der Waals surface area contributed by atoms with Crippen molar-refractivity contribution in [2.75, 3.05) is 152 Å². The molecule has 0 aliphatic heterocycles. The van der Waals surface area contributed by atoms with Gasteiger partial charge in [-0.3, -0.25) is 14.9 Å². The largest absolute Gasteiger partial charge is 0.491 e. The second-order valence-electron chi connectivity index (χ2n) is 11.7. The van der Waals surface area contributed by atoms with Gasteiger partial charge in [0.2, 0.25) is 0 Å². The fourth-order valence-corrected chi connectivity index (χ4v) is 3.73. The predicted molar refractivity (Wildman–Crippen MR) is 188 cm³/mol. The number of carbonyl (C=O) groups excluding carboxylic acids is 1. The lowest BCUT2D eigenvalue weighted by Crippen LogP contribution is -2.24. The zero-order valence-electron chi connectivity index (χ0n) is 31.3. The Morgan fingerprint density at radius 2 is 0.750 bits per heavy atom. The van der Waals surface area contributed by atoms with Crippen molar-refractivity contribution >= 4 is 11.7 Å². The Bertz CT molecular complexity index is 963. The maximum Gasteiger partial charge on any atom is 0.308 e. The molecule has 0 aliphatic carbocycles. The Morgan fingerprint density at radius 1 is 0.481 bits per heavy atom. The number of benzene rings is 1. The third kappa shape index (κ3) is 33.3. The zero-order chi connectivity index (χ0) is 37.8. The van der Waals surface area contributed by atoms with Crippen LogP contribution in [0, 0.1) is 10.1 Å². The van der Waals surface area contributed by atoms with E-state index in [4.69, 9.17) is 61.6 Å². The fraction of sp³-hybridized carbons (Fsp3) is 0.800.